The van der Waals surface area contributed by atoms with Crippen molar-refractivity contribution in [2.24, 2.45) is 0 Å². The number of hydrogen-bond acceptors (Lipinski definition) is 6. The summed E-state index contributed by atoms with van der Waals surface area (Å²) in [5, 5.41) is 2.43. The Hall–Kier alpha value is -1.60. The molecule has 1 aromatic carbocycles. The number of aromatic nitrogens is 2. The molecule has 55 heavy (non-hydrogen) atoms. The third-order valence-corrected chi connectivity index (χ3v) is 14.9. The summed E-state index contributed by atoms with van der Waals surface area (Å²) >= 11 is 7.76. The molecule has 0 amide bonds. The number of hydrogen-bond donors (Lipinski definition) is 0. The van der Waals surface area contributed by atoms with Crippen molar-refractivity contribution >= 4 is 65.8 Å². The lowest BCUT2D eigenvalue weighted by Crippen LogP contribution is -2.10. The van der Waals surface area contributed by atoms with Gasteiger partial charge < -0.3 is 0 Å². The van der Waals surface area contributed by atoms with Crippen LogP contribution in [0.3, 0.4) is 0 Å². The molecule has 0 fully saturated rings. The van der Waals surface area contributed by atoms with Crippen LogP contribution >= 0.6 is 45.3 Å². The van der Waals surface area contributed by atoms with Gasteiger partial charge in [-0.3, -0.25) is 0 Å². The van der Waals surface area contributed by atoms with Crippen molar-refractivity contribution in [3.8, 4) is 20.9 Å². The molecule has 4 heterocycles. The van der Waals surface area contributed by atoms with E-state index in [1.807, 2.05) is 73.0 Å². The van der Waals surface area contributed by atoms with Crippen molar-refractivity contribution in [1.29, 1.82) is 0 Å². The lowest BCUT2D eigenvalue weighted by atomic mass is 9.98. The van der Waals surface area contributed by atoms with Gasteiger partial charge in [-0.2, -0.15) is 0 Å². The number of thiophene rings is 2. The predicted octanol–water partition coefficient (Wildman–Crippen LogP) is 19.0. The van der Waals surface area contributed by atoms with E-state index in [2.05, 4.69) is 93.5 Å². The van der Waals surface area contributed by atoms with Gasteiger partial charge in [0.05, 0.1) is 30.4 Å². The second-order valence-electron chi connectivity index (χ2n) is 16.6. The van der Waals surface area contributed by atoms with Crippen molar-refractivity contribution in [2.75, 3.05) is 0 Å². The highest BCUT2D eigenvalue weighted by Gasteiger charge is 2.30. The van der Waals surface area contributed by atoms with E-state index < -0.39 is 0 Å². The Morgan fingerprint density at radius 2 is 0.727 bits per heavy atom. The zero-order valence-corrected chi connectivity index (χ0v) is 41.1. The predicted molar refractivity (Wildman–Crippen MR) is 259 cm³/mol. The van der Waals surface area contributed by atoms with Gasteiger partial charge >= 0.3 is 0 Å². The number of benzene rings is 1. The minimum atomic E-state index is -0.00681. The van der Waals surface area contributed by atoms with E-state index in [0.29, 0.717) is 0 Å². The van der Waals surface area contributed by atoms with Gasteiger partial charge in [0.25, 0.3) is 0 Å². The number of nitrogens with zero attached hydrogens (tertiary/aromatic N) is 2. The van der Waals surface area contributed by atoms with Crippen LogP contribution in [0, 0.1) is 0 Å². The fraction of sp³-hybridized carbons (Fsp3) is 0.673. The minimum absolute atomic E-state index is 0.00681. The maximum absolute atomic E-state index is 5.47. The first-order valence-corrected chi connectivity index (χ1v) is 25.7. The highest BCUT2D eigenvalue weighted by Crippen LogP contribution is 2.51. The third kappa shape index (κ3) is 14.9. The molecule has 5 aromatic rings. The van der Waals surface area contributed by atoms with Crippen molar-refractivity contribution in [3.63, 3.8) is 0 Å². The largest absolute Gasteiger partial charge is 0.240 e. The molecular formula is C49H80N2S4. The number of unbranched alkanes of at least 4 members (excludes halogenated alkanes) is 12. The summed E-state index contributed by atoms with van der Waals surface area (Å²) < 4.78 is 2.63. The van der Waals surface area contributed by atoms with Gasteiger partial charge in [0.15, 0.2) is 0 Å². The van der Waals surface area contributed by atoms with E-state index in [4.69, 9.17) is 9.97 Å². The Kier molecular flexibility index (Phi) is 23.1. The summed E-state index contributed by atoms with van der Waals surface area (Å²) in [4.78, 5) is 16.6. The zero-order valence-electron chi connectivity index (χ0n) is 37.9. The Bertz CT molecular complexity index is 1680. The number of fused-ring (bicyclic) bond motifs is 2. The normalized spacial score (nSPS) is 11.6. The molecule has 0 aliphatic heterocycles. The molecule has 0 radical (unpaired) electrons. The van der Waals surface area contributed by atoms with Crippen molar-refractivity contribution in [3.05, 3.63) is 44.0 Å². The van der Waals surface area contributed by atoms with E-state index in [1.54, 1.807) is 0 Å². The average molecular weight is 825 g/mol. The van der Waals surface area contributed by atoms with Crippen LogP contribution in [0.1, 0.15) is 213 Å². The smallest absolute Gasteiger partial charge is 0.0992 e. The topological polar surface area (TPSA) is 25.8 Å². The molecule has 0 saturated heterocycles. The van der Waals surface area contributed by atoms with Gasteiger partial charge in [-0.15, -0.1) is 45.3 Å². The average Bonchev–Trinajstić information content (AvgIpc) is 3.99. The standard InChI is InChI=1S/C39H54N2S4.C6H14.2C2H6/c1-9-11-13-15-17-19-21-27-23-25-29(43-27)31-33-34(44-37(41-33)39(6,7)8)30(32-35(31)45-36(40-32)38(3,4)5)28-24-22-26(42-28)20-18-16-14-12-10-2;1-3-5-6-4-2;2*1-2/h22-25H,9-21H2,1-8H3;3-6H2,1-2H3;2*1-2H3. The second-order valence-corrected chi connectivity index (χ2v) is 20.9. The van der Waals surface area contributed by atoms with Crippen LogP contribution in [0.25, 0.3) is 41.3 Å². The highest BCUT2D eigenvalue weighted by atomic mass is 32.1. The van der Waals surface area contributed by atoms with Crippen molar-refractivity contribution in [2.45, 2.75) is 217 Å². The van der Waals surface area contributed by atoms with Crippen LogP contribution in [-0.4, -0.2) is 9.97 Å². The first-order chi connectivity index (χ1) is 26.4. The summed E-state index contributed by atoms with van der Waals surface area (Å²) in [5.41, 5.74) is 4.98. The summed E-state index contributed by atoms with van der Waals surface area (Å²) in [7, 11) is 0. The lowest BCUT2D eigenvalue weighted by Gasteiger charge is -2.13. The van der Waals surface area contributed by atoms with E-state index in [9.17, 15) is 0 Å². The fourth-order valence-electron chi connectivity index (χ4n) is 6.41. The maximum Gasteiger partial charge on any atom is 0.0992 e. The molecule has 2 nitrogen and oxygen atoms in total. The van der Waals surface area contributed by atoms with E-state index in [0.717, 1.165) is 0 Å². The Morgan fingerprint density at radius 3 is 1.05 bits per heavy atom. The molecular weight excluding hydrogens is 745 g/mol. The summed E-state index contributed by atoms with van der Waals surface area (Å²) in [6, 6.07) is 9.50. The fourth-order valence-corrected chi connectivity index (χ4v) is 11.1. The Balaban J connectivity index is 0.000000941. The highest BCUT2D eigenvalue weighted by molar-refractivity contribution is 7.23. The molecule has 310 valence electrons. The van der Waals surface area contributed by atoms with Gasteiger partial charge in [-0.1, -0.05) is 180 Å². The van der Waals surface area contributed by atoms with E-state index >= 15 is 0 Å². The molecule has 0 saturated carbocycles. The van der Waals surface area contributed by atoms with Crippen LogP contribution in [0.2, 0.25) is 0 Å². The number of thiazole rings is 2. The van der Waals surface area contributed by atoms with Crippen LogP contribution in [0.4, 0.5) is 0 Å². The van der Waals surface area contributed by atoms with Gasteiger partial charge in [0, 0.05) is 41.5 Å². The van der Waals surface area contributed by atoms with Gasteiger partial charge in [0.2, 0.25) is 0 Å². The summed E-state index contributed by atoms with van der Waals surface area (Å²) in [6.07, 6.45) is 22.5. The Labute approximate surface area is 355 Å². The van der Waals surface area contributed by atoms with Crippen molar-refractivity contribution in [1.82, 2.24) is 9.97 Å². The van der Waals surface area contributed by atoms with E-state index in [-0.39, 0.29) is 10.8 Å². The minimum Gasteiger partial charge on any atom is -0.240 e. The molecule has 0 unspecified atom stereocenters. The van der Waals surface area contributed by atoms with Crippen LogP contribution in [0.5, 0.6) is 0 Å². The lowest BCUT2D eigenvalue weighted by molar-refractivity contribution is 0.587. The van der Waals surface area contributed by atoms with Crippen LogP contribution < -0.4 is 0 Å². The van der Waals surface area contributed by atoms with Gasteiger partial charge in [0.1, 0.15) is 0 Å². The molecule has 0 atom stereocenters. The zero-order chi connectivity index (χ0) is 41.0. The molecule has 4 aromatic heterocycles. The SMILES string of the molecule is CC.CC.CCCCCC.CCCCCCCCc1ccc(-c2c3nc(C(C)(C)C)sc3c(-c3ccc(CCCCCCC)s3)c3nc(C(C)(C)C)sc23)s1. The molecule has 5 rings (SSSR count). The van der Waals surface area contributed by atoms with Crippen LogP contribution in [0.15, 0.2) is 24.3 Å². The molecule has 0 aliphatic rings. The summed E-state index contributed by atoms with van der Waals surface area (Å²) in [5.74, 6) is 0. The second kappa shape index (κ2) is 25.7. The molecule has 0 spiro atoms. The molecule has 6 heteroatoms. The maximum atomic E-state index is 5.47. The third-order valence-electron chi connectivity index (χ3n) is 9.54. The molecule has 0 N–H and O–H groups in total. The summed E-state index contributed by atoms with van der Waals surface area (Å²) in [6.45, 7) is 30.8. The molecule has 0 bridgehead atoms. The number of aryl methyl sites for hydroxylation is 2. The number of rotatable bonds is 18. The Morgan fingerprint density at radius 1 is 0.418 bits per heavy atom. The monoisotopic (exact) mass is 825 g/mol. The van der Waals surface area contributed by atoms with E-state index in [1.165, 1.54) is 170 Å². The van der Waals surface area contributed by atoms with Gasteiger partial charge in [-0.05, 0) is 49.9 Å². The van der Waals surface area contributed by atoms with Gasteiger partial charge in [-0.25, -0.2) is 9.97 Å². The van der Waals surface area contributed by atoms with Crippen molar-refractivity contribution < 1.29 is 0 Å². The molecule has 0 aliphatic carbocycles. The van der Waals surface area contributed by atoms with Crippen LogP contribution in [-0.2, 0) is 23.7 Å². The quantitative estimate of drug-likeness (QED) is 0.0823. The first-order valence-electron chi connectivity index (χ1n) is 22.4. The first kappa shape index (κ1) is 49.5.